The molecule has 0 spiro atoms. The Bertz CT molecular complexity index is 1100. The number of hydrogen-bond donors (Lipinski definition) is 2. The number of nitrogens with two attached hydrogens (primary N) is 1. The van der Waals surface area contributed by atoms with Crippen LogP contribution in [0.4, 0.5) is 0 Å². The molecule has 5 nitrogen and oxygen atoms in total. The number of amidine groups is 1. The largest absolute Gasteiger partial charge is 0.386 e. The van der Waals surface area contributed by atoms with Crippen LogP contribution in [0, 0.1) is 0 Å². The average Bonchev–Trinajstić information content (AvgIpc) is 2.78. The third kappa shape index (κ3) is 4.41. The van der Waals surface area contributed by atoms with Gasteiger partial charge in [0.2, 0.25) is 0 Å². The lowest BCUT2D eigenvalue weighted by Crippen LogP contribution is -2.32. The Balaban J connectivity index is 1.42. The fourth-order valence-electron chi connectivity index (χ4n) is 3.48. The average molecular weight is 396 g/mol. The fraction of sp³-hybridized carbons (Fsp3) is 0.120. The summed E-state index contributed by atoms with van der Waals surface area (Å²) < 4.78 is 0. The maximum atomic E-state index is 12.6. The van der Waals surface area contributed by atoms with Gasteiger partial charge in [-0.2, -0.15) is 0 Å². The van der Waals surface area contributed by atoms with Crippen LogP contribution in [0.15, 0.2) is 90.1 Å². The predicted molar refractivity (Wildman–Crippen MR) is 122 cm³/mol. The van der Waals surface area contributed by atoms with Crippen molar-refractivity contribution in [3.63, 3.8) is 0 Å². The van der Waals surface area contributed by atoms with Crippen molar-refractivity contribution in [1.29, 1.82) is 0 Å². The molecule has 3 aromatic rings. The van der Waals surface area contributed by atoms with Crippen molar-refractivity contribution < 1.29 is 4.79 Å². The van der Waals surface area contributed by atoms with E-state index in [0.717, 1.165) is 28.0 Å². The number of likely N-dealkylation sites (N-methyl/N-ethyl adjacent to an activating group) is 1. The van der Waals surface area contributed by atoms with Crippen LogP contribution in [-0.2, 0) is 6.54 Å². The zero-order valence-electron chi connectivity index (χ0n) is 16.9. The Morgan fingerprint density at radius 2 is 1.67 bits per heavy atom. The maximum absolute atomic E-state index is 12.6. The van der Waals surface area contributed by atoms with Crippen molar-refractivity contribution in [3.05, 3.63) is 102 Å². The van der Waals surface area contributed by atoms with E-state index >= 15 is 0 Å². The molecule has 1 aliphatic heterocycles. The molecule has 150 valence electrons. The first-order valence-electron chi connectivity index (χ1n) is 9.86. The third-order valence-corrected chi connectivity index (χ3v) is 5.09. The van der Waals surface area contributed by atoms with Gasteiger partial charge in [-0.15, -0.1) is 0 Å². The van der Waals surface area contributed by atoms with Gasteiger partial charge < -0.3 is 16.0 Å². The van der Waals surface area contributed by atoms with Crippen LogP contribution in [0.5, 0.6) is 0 Å². The Labute approximate surface area is 176 Å². The van der Waals surface area contributed by atoms with Crippen molar-refractivity contribution >= 4 is 17.4 Å². The van der Waals surface area contributed by atoms with Crippen molar-refractivity contribution in [2.45, 2.75) is 6.54 Å². The number of aliphatic imine (C=N–C) groups is 1. The lowest BCUT2D eigenvalue weighted by atomic mass is 10.0. The molecule has 30 heavy (non-hydrogen) atoms. The molecule has 0 unspecified atom stereocenters. The molecule has 0 bridgehead atoms. The smallest absolute Gasteiger partial charge is 0.251 e. The molecule has 1 aliphatic rings. The number of nitrogens with one attached hydrogen (secondary N) is 1. The van der Waals surface area contributed by atoms with Gasteiger partial charge in [-0.05, 0) is 40.5 Å². The molecule has 5 heteroatoms. The quantitative estimate of drug-likeness (QED) is 0.687. The summed E-state index contributed by atoms with van der Waals surface area (Å²) in [5.41, 5.74) is 11.7. The molecule has 0 aliphatic carbocycles. The topological polar surface area (TPSA) is 70.7 Å². The van der Waals surface area contributed by atoms with Gasteiger partial charge in [0.25, 0.3) is 5.91 Å². The van der Waals surface area contributed by atoms with Gasteiger partial charge in [-0.25, -0.2) is 4.99 Å². The SMILES string of the molecule is CN1CC(N)=NC=C1c1cccc(CNC(=O)c2ccc(-c3ccccc3)cc2)c1. The monoisotopic (exact) mass is 396 g/mol. The molecule has 1 amide bonds. The first-order chi connectivity index (χ1) is 14.6. The predicted octanol–water partition coefficient (Wildman–Crippen LogP) is 3.88. The highest BCUT2D eigenvalue weighted by atomic mass is 16.1. The number of hydrogen-bond acceptors (Lipinski definition) is 4. The van der Waals surface area contributed by atoms with Crippen LogP contribution >= 0.6 is 0 Å². The minimum Gasteiger partial charge on any atom is -0.386 e. The molecule has 4 rings (SSSR count). The zero-order chi connectivity index (χ0) is 20.9. The third-order valence-electron chi connectivity index (χ3n) is 5.09. The molecular formula is C25H24N4O. The normalized spacial score (nSPS) is 13.4. The molecule has 0 saturated heterocycles. The summed E-state index contributed by atoms with van der Waals surface area (Å²) in [6.45, 7) is 1.06. The van der Waals surface area contributed by atoms with E-state index in [4.69, 9.17) is 5.73 Å². The van der Waals surface area contributed by atoms with E-state index in [9.17, 15) is 4.79 Å². The van der Waals surface area contributed by atoms with Crippen LogP contribution in [0.1, 0.15) is 21.5 Å². The Morgan fingerprint density at radius 3 is 2.40 bits per heavy atom. The van der Waals surface area contributed by atoms with Crippen LogP contribution in [0.25, 0.3) is 16.8 Å². The standard InChI is InChI=1S/C25H24N4O/c1-29-17-24(26)27-16-23(29)22-9-5-6-18(14-22)15-28-25(30)21-12-10-20(11-13-21)19-7-3-2-4-8-19/h2-14,16H,15,17H2,1H3,(H2,26,27)(H,28,30). The molecule has 0 aromatic heterocycles. The van der Waals surface area contributed by atoms with Crippen molar-refractivity contribution in [2.24, 2.45) is 10.7 Å². The van der Waals surface area contributed by atoms with Gasteiger partial charge in [0.05, 0.1) is 18.4 Å². The summed E-state index contributed by atoms with van der Waals surface area (Å²) in [5, 5.41) is 3.00. The highest BCUT2D eigenvalue weighted by Gasteiger charge is 2.13. The van der Waals surface area contributed by atoms with E-state index in [-0.39, 0.29) is 5.91 Å². The van der Waals surface area contributed by atoms with Crippen molar-refractivity contribution in [3.8, 4) is 11.1 Å². The molecule has 3 N–H and O–H groups in total. The van der Waals surface area contributed by atoms with Gasteiger partial charge in [-0.3, -0.25) is 4.79 Å². The van der Waals surface area contributed by atoms with Gasteiger partial charge >= 0.3 is 0 Å². The maximum Gasteiger partial charge on any atom is 0.251 e. The number of nitrogens with zero attached hydrogens (tertiary/aromatic N) is 2. The fourth-order valence-corrected chi connectivity index (χ4v) is 3.48. The first-order valence-corrected chi connectivity index (χ1v) is 9.86. The number of rotatable bonds is 5. The second-order valence-electron chi connectivity index (χ2n) is 7.32. The van der Waals surface area contributed by atoms with E-state index in [0.29, 0.717) is 24.5 Å². The van der Waals surface area contributed by atoms with Gasteiger partial charge in [-0.1, -0.05) is 60.7 Å². The lowest BCUT2D eigenvalue weighted by molar-refractivity contribution is 0.0951. The van der Waals surface area contributed by atoms with Gasteiger partial charge in [0.1, 0.15) is 5.84 Å². The van der Waals surface area contributed by atoms with Crippen molar-refractivity contribution in [1.82, 2.24) is 10.2 Å². The second-order valence-corrected chi connectivity index (χ2v) is 7.32. The summed E-state index contributed by atoms with van der Waals surface area (Å²) in [5.74, 6) is 0.509. The molecule has 0 radical (unpaired) electrons. The second kappa shape index (κ2) is 8.66. The summed E-state index contributed by atoms with van der Waals surface area (Å²) in [6.07, 6.45) is 1.78. The van der Waals surface area contributed by atoms with E-state index < -0.39 is 0 Å². The Morgan fingerprint density at radius 1 is 0.967 bits per heavy atom. The molecule has 3 aromatic carbocycles. The molecule has 0 atom stereocenters. The van der Waals surface area contributed by atoms with Gasteiger partial charge in [0, 0.05) is 19.2 Å². The molecule has 0 fully saturated rings. The van der Waals surface area contributed by atoms with Gasteiger partial charge in [0.15, 0.2) is 0 Å². The summed E-state index contributed by atoms with van der Waals surface area (Å²) in [7, 11) is 1.99. The van der Waals surface area contributed by atoms with E-state index in [2.05, 4.69) is 33.4 Å². The Hall–Kier alpha value is -3.86. The van der Waals surface area contributed by atoms with E-state index in [1.54, 1.807) is 6.20 Å². The first kappa shape index (κ1) is 19.5. The summed E-state index contributed by atoms with van der Waals surface area (Å²) in [4.78, 5) is 18.9. The van der Waals surface area contributed by atoms with Crippen LogP contribution in [0.2, 0.25) is 0 Å². The summed E-state index contributed by atoms with van der Waals surface area (Å²) >= 11 is 0. The molecular weight excluding hydrogens is 372 g/mol. The molecule has 1 heterocycles. The highest BCUT2D eigenvalue weighted by Crippen LogP contribution is 2.22. The number of benzene rings is 3. The minimum atomic E-state index is -0.0913. The van der Waals surface area contributed by atoms with E-state index in [1.165, 1.54) is 0 Å². The highest BCUT2D eigenvalue weighted by molar-refractivity contribution is 5.94. The number of carbonyl (C=O) groups excluding carboxylic acids is 1. The molecule has 0 saturated carbocycles. The Kier molecular flexibility index (Phi) is 5.61. The van der Waals surface area contributed by atoms with Crippen LogP contribution in [-0.4, -0.2) is 30.2 Å². The summed E-state index contributed by atoms with van der Waals surface area (Å²) in [6, 6.07) is 25.9. The van der Waals surface area contributed by atoms with Crippen LogP contribution < -0.4 is 11.1 Å². The number of amides is 1. The van der Waals surface area contributed by atoms with E-state index in [1.807, 2.05) is 67.7 Å². The van der Waals surface area contributed by atoms with Crippen LogP contribution in [0.3, 0.4) is 0 Å². The van der Waals surface area contributed by atoms with Crippen molar-refractivity contribution in [2.75, 3.05) is 13.6 Å². The lowest BCUT2D eigenvalue weighted by Gasteiger charge is -2.25. The zero-order valence-corrected chi connectivity index (χ0v) is 16.9. The number of carbonyl (C=O) groups is 1. The minimum absolute atomic E-state index is 0.0913.